The van der Waals surface area contributed by atoms with Crippen LogP contribution in [0.15, 0.2) is 36.7 Å². The average Bonchev–Trinajstić information content (AvgIpc) is 3.38. The zero-order valence-electron chi connectivity index (χ0n) is 18.4. The van der Waals surface area contributed by atoms with Gasteiger partial charge in [0.2, 0.25) is 5.91 Å². The Morgan fingerprint density at radius 1 is 1.18 bits per heavy atom. The molecule has 0 radical (unpaired) electrons. The molecule has 2 N–H and O–H groups in total. The molecular weight excluding hydrogens is 441 g/mol. The molecule has 1 aliphatic rings. The zero-order chi connectivity index (χ0) is 22.9. The SMILES string of the molecule is Cc1nc(NC(=O)CN2CCN(C)CC2)sc1-c1ccc2c(-c3cncc(F)c3)n[nH]c2c1. The van der Waals surface area contributed by atoms with Crippen LogP contribution in [0.1, 0.15) is 5.69 Å². The third-order valence-electron chi connectivity index (χ3n) is 5.81. The second kappa shape index (κ2) is 8.97. The molecule has 0 spiro atoms. The number of piperazine rings is 1. The number of aryl methyl sites for hydroxylation is 1. The number of hydrogen-bond acceptors (Lipinski definition) is 7. The molecule has 0 bridgehead atoms. The van der Waals surface area contributed by atoms with Crippen molar-refractivity contribution in [3.05, 3.63) is 48.2 Å². The van der Waals surface area contributed by atoms with E-state index in [9.17, 15) is 9.18 Å². The van der Waals surface area contributed by atoms with E-state index in [1.165, 1.54) is 23.6 Å². The molecule has 1 aliphatic heterocycles. The Labute approximate surface area is 194 Å². The summed E-state index contributed by atoms with van der Waals surface area (Å²) in [5.41, 5.74) is 3.93. The molecule has 0 unspecified atom stereocenters. The van der Waals surface area contributed by atoms with Gasteiger partial charge in [-0.05, 0) is 37.7 Å². The van der Waals surface area contributed by atoms with E-state index < -0.39 is 5.82 Å². The lowest BCUT2D eigenvalue weighted by Gasteiger charge is -2.31. The van der Waals surface area contributed by atoms with E-state index in [4.69, 9.17) is 0 Å². The van der Waals surface area contributed by atoms with Crippen LogP contribution in [0, 0.1) is 12.7 Å². The summed E-state index contributed by atoms with van der Waals surface area (Å²) in [5.74, 6) is -0.444. The number of nitrogens with one attached hydrogen (secondary N) is 2. The molecule has 4 heterocycles. The number of nitrogens with zero attached hydrogens (tertiary/aromatic N) is 5. The number of halogens is 1. The number of fused-ring (bicyclic) bond motifs is 1. The summed E-state index contributed by atoms with van der Waals surface area (Å²) in [6.45, 7) is 6.04. The molecule has 8 nitrogen and oxygen atoms in total. The van der Waals surface area contributed by atoms with Gasteiger partial charge in [0.25, 0.3) is 0 Å². The number of carbonyl (C=O) groups is 1. The summed E-state index contributed by atoms with van der Waals surface area (Å²) in [6.07, 6.45) is 2.77. The number of hydrogen-bond donors (Lipinski definition) is 2. The first kappa shape index (κ1) is 21.6. The smallest absolute Gasteiger partial charge is 0.240 e. The number of anilines is 1. The Balaban J connectivity index is 1.33. The van der Waals surface area contributed by atoms with Crippen LogP contribution in [0.4, 0.5) is 9.52 Å². The van der Waals surface area contributed by atoms with Crippen LogP contribution < -0.4 is 5.32 Å². The second-order valence-corrected chi connectivity index (χ2v) is 9.28. The first-order valence-electron chi connectivity index (χ1n) is 10.7. The van der Waals surface area contributed by atoms with Crippen molar-refractivity contribution in [2.45, 2.75) is 6.92 Å². The van der Waals surface area contributed by atoms with Crippen molar-refractivity contribution < 1.29 is 9.18 Å². The molecule has 1 fully saturated rings. The number of pyridine rings is 1. The van der Waals surface area contributed by atoms with Gasteiger partial charge >= 0.3 is 0 Å². The normalized spacial score (nSPS) is 15.2. The quantitative estimate of drug-likeness (QED) is 0.470. The van der Waals surface area contributed by atoms with E-state index >= 15 is 0 Å². The fraction of sp³-hybridized carbons (Fsp3) is 0.304. The summed E-state index contributed by atoms with van der Waals surface area (Å²) in [4.78, 5) is 26.4. The van der Waals surface area contributed by atoms with Crippen LogP contribution in [-0.4, -0.2) is 75.6 Å². The molecule has 170 valence electrons. The molecule has 1 amide bonds. The van der Waals surface area contributed by atoms with Crippen molar-refractivity contribution in [2.75, 3.05) is 45.1 Å². The Kier molecular flexibility index (Phi) is 5.88. The van der Waals surface area contributed by atoms with E-state index in [-0.39, 0.29) is 5.91 Å². The summed E-state index contributed by atoms with van der Waals surface area (Å²) in [7, 11) is 2.09. The highest BCUT2D eigenvalue weighted by molar-refractivity contribution is 7.19. The van der Waals surface area contributed by atoms with Crippen molar-refractivity contribution in [3.63, 3.8) is 0 Å². The van der Waals surface area contributed by atoms with Gasteiger partial charge in [0.05, 0.1) is 28.8 Å². The fourth-order valence-electron chi connectivity index (χ4n) is 4.01. The van der Waals surface area contributed by atoms with E-state index in [2.05, 4.69) is 42.3 Å². The van der Waals surface area contributed by atoms with Gasteiger partial charge in [-0.1, -0.05) is 17.4 Å². The number of thiazole rings is 1. The first-order valence-corrected chi connectivity index (χ1v) is 11.6. The van der Waals surface area contributed by atoms with Gasteiger partial charge in [-0.25, -0.2) is 9.37 Å². The second-order valence-electron chi connectivity index (χ2n) is 8.29. The minimum atomic E-state index is -0.400. The number of likely N-dealkylation sites (N-methyl/N-ethyl adjacent to an activating group) is 1. The molecule has 1 saturated heterocycles. The standard InChI is InChI=1S/C23H24FN7OS/c1-14-22(33-23(26-14)27-20(32)13-31-7-5-30(2)6-8-31)15-3-4-18-19(10-15)28-29-21(18)16-9-17(24)12-25-11-16/h3-4,9-12H,5-8,13H2,1-2H3,(H,28,29)(H,26,27,32). The molecule has 0 aliphatic carbocycles. The maximum atomic E-state index is 13.6. The largest absolute Gasteiger partial charge is 0.304 e. The average molecular weight is 466 g/mol. The van der Waals surface area contributed by atoms with E-state index in [0.717, 1.165) is 53.2 Å². The third kappa shape index (κ3) is 4.63. The number of rotatable bonds is 5. The Morgan fingerprint density at radius 2 is 2.00 bits per heavy atom. The number of aromatic amines is 1. The van der Waals surface area contributed by atoms with Crippen molar-refractivity contribution in [1.29, 1.82) is 0 Å². The maximum absolute atomic E-state index is 13.6. The highest BCUT2D eigenvalue weighted by Gasteiger charge is 2.19. The Hall–Kier alpha value is -3.21. The van der Waals surface area contributed by atoms with Gasteiger partial charge in [0.15, 0.2) is 5.13 Å². The van der Waals surface area contributed by atoms with Gasteiger partial charge in [-0.15, -0.1) is 0 Å². The lowest BCUT2D eigenvalue weighted by Crippen LogP contribution is -2.47. The summed E-state index contributed by atoms with van der Waals surface area (Å²) < 4.78 is 13.6. The maximum Gasteiger partial charge on any atom is 0.240 e. The van der Waals surface area contributed by atoms with Crippen LogP contribution in [0.2, 0.25) is 0 Å². The van der Waals surface area contributed by atoms with Crippen molar-refractivity contribution in [3.8, 4) is 21.7 Å². The number of H-pyrrole nitrogens is 1. The van der Waals surface area contributed by atoms with Crippen molar-refractivity contribution in [2.24, 2.45) is 0 Å². The number of amides is 1. The van der Waals surface area contributed by atoms with E-state index in [1.807, 2.05) is 25.1 Å². The third-order valence-corrected chi connectivity index (χ3v) is 6.93. The molecule has 0 atom stereocenters. The van der Waals surface area contributed by atoms with E-state index in [1.54, 1.807) is 6.20 Å². The van der Waals surface area contributed by atoms with Crippen molar-refractivity contribution >= 4 is 33.3 Å². The minimum absolute atomic E-state index is 0.0442. The Bertz CT molecular complexity index is 1310. The molecule has 3 aromatic heterocycles. The van der Waals surface area contributed by atoms with Gasteiger partial charge in [-0.2, -0.15) is 5.10 Å². The topological polar surface area (TPSA) is 90.0 Å². The highest BCUT2D eigenvalue weighted by atomic mass is 32.1. The predicted molar refractivity (Wildman–Crippen MR) is 128 cm³/mol. The molecule has 10 heteroatoms. The molecule has 1 aromatic carbocycles. The van der Waals surface area contributed by atoms with Crippen LogP contribution in [0.25, 0.3) is 32.6 Å². The summed E-state index contributed by atoms with van der Waals surface area (Å²) >= 11 is 1.45. The first-order chi connectivity index (χ1) is 16.0. The highest BCUT2D eigenvalue weighted by Crippen LogP contribution is 2.35. The predicted octanol–water partition coefficient (Wildman–Crippen LogP) is 3.38. The van der Waals surface area contributed by atoms with Crippen LogP contribution in [0.3, 0.4) is 0 Å². The van der Waals surface area contributed by atoms with Gasteiger partial charge in [0.1, 0.15) is 11.5 Å². The number of aromatic nitrogens is 4. The number of benzene rings is 1. The molecule has 33 heavy (non-hydrogen) atoms. The fourth-order valence-corrected chi connectivity index (χ4v) is 4.99. The van der Waals surface area contributed by atoms with Gasteiger partial charge in [0, 0.05) is 43.3 Å². The molecule has 0 saturated carbocycles. The number of carbonyl (C=O) groups excluding carboxylic acids is 1. The monoisotopic (exact) mass is 465 g/mol. The molecule has 4 aromatic rings. The van der Waals surface area contributed by atoms with Crippen LogP contribution in [-0.2, 0) is 4.79 Å². The zero-order valence-corrected chi connectivity index (χ0v) is 19.2. The van der Waals surface area contributed by atoms with Gasteiger partial charge < -0.3 is 10.2 Å². The lowest BCUT2D eigenvalue weighted by atomic mass is 10.1. The summed E-state index contributed by atoms with van der Waals surface area (Å²) in [5, 5.41) is 11.8. The lowest BCUT2D eigenvalue weighted by molar-refractivity contribution is -0.117. The van der Waals surface area contributed by atoms with Crippen LogP contribution >= 0.6 is 11.3 Å². The molecule has 5 rings (SSSR count). The van der Waals surface area contributed by atoms with Gasteiger partial charge in [-0.3, -0.25) is 19.8 Å². The Morgan fingerprint density at radius 3 is 2.79 bits per heavy atom. The molecular formula is C23H24FN7OS. The van der Waals surface area contributed by atoms with Crippen LogP contribution in [0.5, 0.6) is 0 Å². The van der Waals surface area contributed by atoms with Crippen molar-refractivity contribution in [1.82, 2.24) is 30.0 Å². The summed E-state index contributed by atoms with van der Waals surface area (Å²) in [6, 6.07) is 7.36. The minimum Gasteiger partial charge on any atom is -0.304 e. The van der Waals surface area contributed by atoms with E-state index in [0.29, 0.717) is 22.9 Å².